The van der Waals surface area contributed by atoms with Gasteiger partial charge in [-0.25, -0.2) is 0 Å². The number of rotatable bonds is 4. The van der Waals surface area contributed by atoms with Crippen LogP contribution < -0.4 is 10.6 Å². The lowest BCUT2D eigenvalue weighted by atomic mass is 10.1. The van der Waals surface area contributed by atoms with Crippen LogP contribution in [0.4, 0.5) is 11.4 Å². The second-order valence-corrected chi connectivity index (χ2v) is 5.31. The molecule has 0 aliphatic carbocycles. The molecule has 2 rings (SSSR count). The third kappa shape index (κ3) is 3.95. The van der Waals surface area contributed by atoms with Gasteiger partial charge >= 0.3 is 0 Å². The molecule has 0 unspecified atom stereocenters. The Morgan fingerprint density at radius 2 is 1.55 bits per heavy atom. The van der Waals surface area contributed by atoms with Crippen LogP contribution in [0, 0.1) is 13.8 Å². The molecule has 0 saturated heterocycles. The zero-order valence-electron chi connectivity index (χ0n) is 13.1. The molecule has 0 aliphatic heterocycles. The quantitative estimate of drug-likeness (QED) is 0.908. The van der Waals surface area contributed by atoms with E-state index in [9.17, 15) is 9.59 Å². The van der Waals surface area contributed by atoms with Gasteiger partial charge in [-0.15, -0.1) is 0 Å². The Kier molecular flexibility index (Phi) is 4.94. The van der Waals surface area contributed by atoms with Crippen molar-refractivity contribution in [2.75, 3.05) is 10.6 Å². The SMILES string of the molecule is CC(=O)Nc1cccc(NC(=O)Cc2ccccc2C)c1C. The standard InChI is InChI=1S/C18H20N2O2/c1-12-7-4-5-8-15(12)11-18(22)20-17-10-6-9-16(13(17)2)19-14(3)21/h4-10H,11H2,1-3H3,(H,19,21)(H,20,22). The maximum atomic E-state index is 12.2. The highest BCUT2D eigenvalue weighted by atomic mass is 16.2. The van der Waals surface area contributed by atoms with Crippen molar-refractivity contribution in [1.82, 2.24) is 0 Å². The molecule has 0 aromatic heterocycles. The van der Waals surface area contributed by atoms with E-state index in [1.807, 2.05) is 56.3 Å². The van der Waals surface area contributed by atoms with E-state index in [1.54, 1.807) is 0 Å². The molecule has 0 fully saturated rings. The van der Waals surface area contributed by atoms with Crippen LogP contribution in [-0.2, 0) is 16.0 Å². The van der Waals surface area contributed by atoms with E-state index in [0.29, 0.717) is 17.8 Å². The van der Waals surface area contributed by atoms with Gasteiger partial charge in [0.25, 0.3) is 0 Å². The summed E-state index contributed by atoms with van der Waals surface area (Å²) in [4.78, 5) is 23.4. The lowest BCUT2D eigenvalue weighted by molar-refractivity contribution is -0.116. The zero-order chi connectivity index (χ0) is 16.1. The Bertz CT molecular complexity index is 708. The van der Waals surface area contributed by atoms with E-state index in [4.69, 9.17) is 0 Å². The molecule has 0 aliphatic rings. The normalized spacial score (nSPS) is 10.1. The molecule has 4 heteroatoms. The summed E-state index contributed by atoms with van der Waals surface area (Å²) in [6, 6.07) is 13.3. The molecule has 2 aromatic rings. The summed E-state index contributed by atoms with van der Waals surface area (Å²) in [5.74, 6) is -0.205. The Balaban J connectivity index is 2.12. The topological polar surface area (TPSA) is 58.2 Å². The summed E-state index contributed by atoms with van der Waals surface area (Å²) < 4.78 is 0. The average molecular weight is 296 g/mol. The Morgan fingerprint density at radius 3 is 2.18 bits per heavy atom. The number of hydrogen-bond acceptors (Lipinski definition) is 2. The van der Waals surface area contributed by atoms with Crippen LogP contribution in [0.2, 0.25) is 0 Å². The minimum absolute atomic E-state index is 0.0719. The van der Waals surface area contributed by atoms with E-state index in [2.05, 4.69) is 10.6 Å². The first kappa shape index (κ1) is 15.8. The van der Waals surface area contributed by atoms with E-state index >= 15 is 0 Å². The average Bonchev–Trinajstić information content (AvgIpc) is 2.45. The number of nitrogens with one attached hydrogen (secondary N) is 2. The lowest BCUT2D eigenvalue weighted by Gasteiger charge is -2.13. The number of carbonyl (C=O) groups is 2. The molecule has 4 nitrogen and oxygen atoms in total. The molecule has 0 radical (unpaired) electrons. The summed E-state index contributed by atoms with van der Waals surface area (Å²) in [6.45, 7) is 5.32. The molecule has 2 N–H and O–H groups in total. The van der Waals surface area contributed by atoms with Gasteiger partial charge in [0.15, 0.2) is 0 Å². The Morgan fingerprint density at radius 1 is 0.909 bits per heavy atom. The second kappa shape index (κ2) is 6.89. The van der Waals surface area contributed by atoms with Crippen LogP contribution >= 0.6 is 0 Å². The van der Waals surface area contributed by atoms with E-state index in [0.717, 1.165) is 16.7 Å². The van der Waals surface area contributed by atoms with Gasteiger partial charge in [0.2, 0.25) is 11.8 Å². The highest BCUT2D eigenvalue weighted by Crippen LogP contribution is 2.23. The van der Waals surface area contributed by atoms with Crippen molar-refractivity contribution in [3.05, 3.63) is 59.2 Å². The maximum Gasteiger partial charge on any atom is 0.228 e. The Hall–Kier alpha value is -2.62. The van der Waals surface area contributed by atoms with E-state index in [-0.39, 0.29) is 11.8 Å². The van der Waals surface area contributed by atoms with Gasteiger partial charge in [-0.3, -0.25) is 9.59 Å². The number of benzene rings is 2. The van der Waals surface area contributed by atoms with Gasteiger partial charge in [-0.05, 0) is 42.7 Å². The first-order chi connectivity index (χ1) is 10.5. The van der Waals surface area contributed by atoms with Crippen molar-refractivity contribution < 1.29 is 9.59 Å². The third-order valence-corrected chi connectivity index (χ3v) is 3.53. The number of aryl methyl sites for hydroxylation is 1. The molecule has 2 amide bonds. The van der Waals surface area contributed by atoms with Crippen LogP contribution in [0.25, 0.3) is 0 Å². The highest BCUT2D eigenvalue weighted by Gasteiger charge is 2.10. The van der Waals surface area contributed by atoms with Gasteiger partial charge in [-0.1, -0.05) is 30.3 Å². The molecule has 22 heavy (non-hydrogen) atoms. The number of amides is 2. The molecule has 0 saturated carbocycles. The van der Waals surface area contributed by atoms with Crippen LogP contribution in [-0.4, -0.2) is 11.8 Å². The number of anilines is 2. The molecule has 2 aromatic carbocycles. The number of hydrogen-bond donors (Lipinski definition) is 2. The monoisotopic (exact) mass is 296 g/mol. The third-order valence-electron chi connectivity index (χ3n) is 3.53. The summed E-state index contributed by atoms with van der Waals surface area (Å²) in [6.07, 6.45) is 0.330. The van der Waals surface area contributed by atoms with Crippen LogP contribution in [0.3, 0.4) is 0 Å². The van der Waals surface area contributed by atoms with Crippen LogP contribution in [0.5, 0.6) is 0 Å². The van der Waals surface area contributed by atoms with Crippen molar-refractivity contribution in [3.63, 3.8) is 0 Å². The number of carbonyl (C=O) groups excluding carboxylic acids is 2. The molecule has 0 heterocycles. The molecule has 0 spiro atoms. The first-order valence-electron chi connectivity index (χ1n) is 7.19. The van der Waals surface area contributed by atoms with Crippen molar-refractivity contribution >= 4 is 23.2 Å². The predicted octanol–water partition coefficient (Wildman–Crippen LogP) is 3.44. The molecule has 0 atom stereocenters. The first-order valence-corrected chi connectivity index (χ1v) is 7.19. The minimum Gasteiger partial charge on any atom is -0.326 e. The van der Waals surface area contributed by atoms with Gasteiger partial charge < -0.3 is 10.6 Å². The van der Waals surface area contributed by atoms with Crippen LogP contribution in [0.1, 0.15) is 23.6 Å². The fraction of sp³-hybridized carbons (Fsp3) is 0.222. The van der Waals surface area contributed by atoms with Gasteiger partial charge in [0, 0.05) is 18.3 Å². The summed E-state index contributed by atoms with van der Waals surface area (Å²) in [5, 5.41) is 5.66. The van der Waals surface area contributed by atoms with Gasteiger partial charge in [0.05, 0.1) is 6.42 Å². The van der Waals surface area contributed by atoms with Crippen molar-refractivity contribution in [1.29, 1.82) is 0 Å². The summed E-state index contributed by atoms with van der Waals surface area (Å²) in [5.41, 5.74) is 4.37. The summed E-state index contributed by atoms with van der Waals surface area (Å²) >= 11 is 0. The fourth-order valence-corrected chi connectivity index (χ4v) is 2.27. The van der Waals surface area contributed by atoms with Crippen molar-refractivity contribution in [3.8, 4) is 0 Å². The summed E-state index contributed by atoms with van der Waals surface area (Å²) in [7, 11) is 0. The molecule has 114 valence electrons. The smallest absolute Gasteiger partial charge is 0.228 e. The zero-order valence-corrected chi connectivity index (χ0v) is 13.1. The van der Waals surface area contributed by atoms with Crippen molar-refractivity contribution in [2.45, 2.75) is 27.2 Å². The van der Waals surface area contributed by atoms with Crippen LogP contribution in [0.15, 0.2) is 42.5 Å². The maximum absolute atomic E-state index is 12.2. The lowest BCUT2D eigenvalue weighted by Crippen LogP contribution is -2.16. The van der Waals surface area contributed by atoms with Crippen molar-refractivity contribution in [2.24, 2.45) is 0 Å². The Labute approximate surface area is 130 Å². The fourth-order valence-electron chi connectivity index (χ4n) is 2.27. The molecular formula is C18H20N2O2. The predicted molar refractivity (Wildman–Crippen MR) is 89.0 cm³/mol. The van der Waals surface area contributed by atoms with E-state index < -0.39 is 0 Å². The van der Waals surface area contributed by atoms with Gasteiger partial charge in [-0.2, -0.15) is 0 Å². The largest absolute Gasteiger partial charge is 0.326 e. The van der Waals surface area contributed by atoms with Gasteiger partial charge in [0.1, 0.15) is 0 Å². The molecule has 0 bridgehead atoms. The second-order valence-electron chi connectivity index (χ2n) is 5.31. The molecular weight excluding hydrogens is 276 g/mol. The highest BCUT2D eigenvalue weighted by molar-refractivity contribution is 5.96. The minimum atomic E-state index is -0.133. The van der Waals surface area contributed by atoms with E-state index in [1.165, 1.54) is 6.92 Å².